The molecule has 0 radical (unpaired) electrons. The van der Waals surface area contributed by atoms with Crippen molar-refractivity contribution < 1.29 is 4.74 Å². The van der Waals surface area contributed by atoms with E-state index in [4.69, 9.17) is 4.74 Å². The van der Waals surface area contributed by atoms with Crippen molar-refractivity contribution in [3.05, 3.63) is 59.5 Å². The Balaban J connectivity index is 1.63. The molecule has 1 saturated heterocycles. The summed E-state index contributed by atoms with van der Waals surface area (Å²) in [5, 5.41) is 14.8. The van der Waals surface area contributed by atoms with Crippen LogP contribution in [-0.2, 0) is 4.74 Å². The molecule has 2 aromatic heterocycles. The van der Waals surface area contributed by atoms with Gasteiger partial charge in [0.05, 0.1) is 11.8 Å². The van der Waals surface area contributed by atoms with Crippen molar-refractivity contribution in [3.8, 4) is 0 Å². The van der Waals surface area contributed by atoms with Gasteiger partial charge in [-0.15, -0.1) is 5.10 Å². The Morgan fingerprint density at radius 3 is 2.78 bits per heavy atom. The first-order chi connectivity index (χ1) is 13.2. The Hall–Kier alpha value is -2.53. The summed E-state index contributed by atoms with van der Waals surface area (Å²) in [7, 11) is 0. The number of benzene rings is 1. The lowest BCUT2D eigenvalue weighted by molar-refractivity contribution is 0.0247. The highest BCUT2D eigenvalue weighted by atomic mass is 16.5. The highest BCUT2D eigenvalue weighted by Crippen LogP contribution is 2.31. The van der Waals surface area contributed by atoms with Crippen LogP contribution in [0.3, 0.4) is 0 Å². The molecule has 2 atom stereocenters. The third-order valence-electron chi connectivity index (χ3n) is 5.32. The molecule has 0 amide bonds. The maximum Gasteiger partial charge on any atom is 0.156 e. The molecule has 1 N–H and O–H groups in total. The van der Waals surface area contributed by atoms with Gasteiger partial charge in [-0.1, -0.05) is 31.2 Å². The monoisotopic (exact) mass is 362 g/mol. The predicted octanol–water partition coefficient (Wildman–Crippen LogP) is 4.47. The maximum atomic E-state index is 5.83. The van der Waals surface area contributed by atoms with E-state index in [0.717, 1.165) is 47.6 Å². The second-order valence-corrected chi connectivity index (χ2v) is 7.30. The first kappa shape index (κ1) is 17.9. The number of ether oxygens (including phenoxy) is 1. The number of nitrogens with one attached hydrogen (secondary N) is 1. The third kappa shape index (κ3) is 3.93. The van der Waals surface area contributed by atoms with Crippen LogP contribution in [-0.4, -0.2) is 34.4 Å². The number of aryl methyl sites for hydroxylation is 1. The fraction of sp³-hybridized carbons (Fsp3) is 0.409. The molecule has 1 aromatic carbocycles. The van der Waals surface area contributed by atoms with Crippen molar-refractivity contribution in [2.75, 3.05) is 18.5 Å². The van der Waals surface area contributed by atoms with Crippen molar-refractivity contribution in [2.24, 2.45) is 0 Å². The molecule has 0 bridgehead atoms. The molecule has 5 heteroatoms. The number of hydrogen-bond acceptors (Lipinski definition) is 5. The van der Waals surface area contributed by atoms with Crippen molar-refractivity contribution in [2.45, 2.75) is 45.1 Å². The van der Waals surface area contributed by atoms with Crippen LogP contribution >= 0.6 is 0 Å². The van der Waals surface area contributed by atoms with Gasteiger partial charge in [-0.2, -0.15) is 5.10 Å². The number of pyridine rings is 1. The van der Waals surface area contributed by atoms with Crippen LogP contribution < -0.4 is 5.32 Å². The number of aromatic nitrogens is 3. The van der Waals surface area contributed by atoms with Crippen molar-refractivity contribution >= 4 is 16.6 Å². The Morgan fingerprint density at radius 2 is 2.00 bits per heavy atom. The van der Waals surface area contributed by atoms with Gasteiger partial charge in [-0.05, 0) is 43.9 Å². The molecule has 0 spiro atoms. The average molecular weight is 362 g/mol. The zero-order valence-corrected chi connectivity index (χ0v) is 16.0. The SMILES string of the molecule is Cc1cc(C(C)c2nnc(NCC3CCCCO3)c3ccccc23)ccn1. The molecule has 3 heterocycles. The number of anilines is 1. The van der Waals surface area contributed by atoms with Gasteiger partial charge < -0.3 is 10.1 Å². The molecular formula is C22H26N4O. The van der Waals surface area contributed by atoms with Crippen LogP contribution in [0.25, 0.3) is 10.8 Å². The summed E-state index contributed by atoms with van der Waals surface area (Å²) in [6, 6.07) is 12.5. The summed E-state index contributed by atoms with van der Waals surface area (Å²) in [5.41, 5.74) is 3.22. The van der Waals surface area contributed by atoms with Gasteiger partial charge in [-0.25, -0.2) is 0 Å². The number of hydrogen-bond donors (Lipinski definition) is 1. The lowest BCUT2D eigenvalue weighted by Crippen LogP contribution is -2.27. The lowest BCUT2D eigenvalue weighted by Gasteiger charge is -2.23. The molecule has 0 saturated carbocycles. The molecule has 140 valence electrons. The molecule has 2 unspecified atom stereocenters. The van der Waals surface area contributed by atoms with Gasteiger partial charge in [0.1, 0.15) is 0 Å². The van der Waals surface area contributed by atoms with E-state index in [1.165, 1.54) is 18.4 Å². The minimum absolute atomic E-state index is 0.153. The normalized spacial score (nSPS) is 18.4. The molecule has 1 aliphatic heterocycles. The standard InChI is InChI=1S/C22H26N4O/c1-15-13-17(10-11-23-15)16(2)21-19-8-3-4-9-20(19)22(26-25-21)24-14-18-7-5-6-12-27-18/h3-4,8-11,13,16,18H,5-7,12,14H2,1-2H3,(H,24,26). The van der Waals surface area contributed by atoms with E-state index in [-0.39, 0.29) is 12.0 Å². The molecule has 4 rings (SSSR count). The van der Waals surface area contributed by atoms with Crippen molar-refractivity contribution in [1.29, 1.82) is 0 Å². The average Bonchev–Trinajstić information content (AvgIpc) is 2.72. The van der Waals surface area contributed by atoms with E-state index >= 15 is 0 Å². The van der Waals surface area contributed by atoms with Gasteiger partial charge in [0.2, 0.25) is 0 Å². The quantitative estimate of drug-likeness (QED) is 0.726. The second-order valence-electron chi connectivity index (χ2n) is 7.30. The van der Waals surface area contributed by atoms with Crippen LogP contribution in [0.1, 0.15) is 49.1 Å². The summed E-state index contributed by atoms with van der Waals surface area (Å²) in [6.45, 7) is 5.83. The van der Waals surface area contributed by atoms with E-state index in [9.17, 15) is 0 Å². The van der Waals surface area contributed by atoms with Crippen molar-refractivity contribution in [3.63, 3.8) is 0 Å². The van der Waals surface area contributed by atoms with E-state index in [1.54, 1.807) is 0 Å². The first-order valence-corrected chi connectivity index (χ1v) is 9.75. The van der Waals surface area contributed by atoms with Crippen LogP contribution in [0.2, 0.25) is 0 Å². The Morgan fingerprint density at radius 1 is 1.15 bits per heavy atom. The Kier molecular flexibility index (Phi) is 5.30. The fourth-order valence-electron chi connectivity index (χ4n) is 3.75. The van der Waals surface area contributed by atoms with E-state index in [0.29, 0.717) is 0 Å². The molecule has 27 heavy (non-hydrogen) atoms. The zero-order chi connectivity index (χ0) is 18.6. The number of fused-ring (bicyclic) bond motifs is 1. The molecule has 3 aromatic rings. The van der Waals surface area contributed by atoms with Crippen LogP contribution in [0, 0.1) is 6.92 Å². The summed E-state index contributed by atoms with van der Waals surface area (Å²) < 4.78 is 5.83. The summed E-state index contributed by atoms with van der Waals surface area (Å²) in [4.78, 5) is 4.30. The molecule has 1 fully saturated rings. The number of rotatable bonds is 5. The highest BCUT2D eigenvalue weighted by molar-refractivity contribution is 5.93. The fourth-order valence-corrected chi connectivity index (χ4v) is 3.75. The van der Waals surface area contributed by atoms with E-state index in [2.05, 4.69) is 63.8 Å². The molecule has 0 aliphatic carbocycles. The Labute approximate surface area is 160 Å². The van der Waals surface area contributed by atoms with E-state index < -0.39 is 0 Å². The third-order valence-corrected chi connectivity index (χ3v) is 5.32. The van der Waals surface area contributed by atoms with Gasteiger partial charge in [0.15, 0.2) is 5.82 Å². The molecular weight excluding hydrogens is 336 g/mol. The van der Waals surface area contributed by atoms with Gasteiger partial charge >= 0.3 is 0 Å². The van der Waals surface area contributed by atoms with Gasteiger partial charge in [0, 0.05) is 41.7 Å². The maximum absolute atomic E-state index is 5.83. The summed E-state index contributed by atoms with van der Waals surface area (Å²) >= 11 is 0. The zero-order valence-electron chi connectivity index (χ0n) is 16.0. The minimum atomic E-state index is 0.153. The second kappa shape index (κ2) is 8.01. The van der Waals surface area contributed by atoms with Crippen LogP contribution in [0.5, 0.6) is 0 Å². The molecule has 5 nitrogen and oxygen atoms in total. The van der Waals surface area contributed by atoms with E-state index in [1.807, 2.05) is 13.1 Å². The summed E-state index contributed by atoms with van der Waals surface area (Å²) in [6.07, 6.45) is 5.63. The Bertz CT molecular complexity index is 921. The van der Waals surface area contributed by atoms with Crippen molar-refractivity contribution in [1.82, 2.24) is 15.2 Å². The first-order valence-electron chi connectivity index (χ1n) is 9.75. The van der Waals surface area contributed by atoms with Crippen LogP contribution in [0.4, 0.5) is 5.82 Å². The minimum Gasteiger partial charge on any atom is -0.376 e. The summed E-state index contributed by atoms with van der Waals surface area (Å²) in [5.74, 6) is 0.987. The smallest absolute Gasteiger partial charge is 0.156 e. The topological polar surface area (TPSA) is 59.9 Å². The molecule has 1 aliphatic rings. The lowest BCUT2D eigenvalue weighted by atomic mass is 9.94. The highest BCUT2D eigenvalue weighted by Gasteiger charge is 2.18. The predicted molar refractivity (Wildman–Crippen MR) is 108 cm³/mol. The van der Waals surface area contributed by atoms with Gasteiger partial charge in [-0.3, -0.25) is 4.98 Å². The van der Waals surface area contributed by atoms with Gasteiger partial charge in [0.25, 0.3) is 0 Å². The largest absolute Gasteiger partial charge is 0.376 e. The van der Waals surface area contributed by atoms with Crippen LogP contribution in [0.15, 0.2) is 42.6 Å². The number of nitrogens with zero attached hydrogens (tertiary/aromatic N) is 3.